The zero-order valence-electron chi connectivity index (χ0n) is 13.4. The van der Waals surface area contributed by atoms with Gasteiger partial charge in [0.15, 0.2) is 5.78 Å². The van der Waals surface area contributed by atoms with Gasteiger partial charge in [0.2, 0.25) is 0 Å². The predicted octanol–water partition coefficient (Wildman–Crippen LogP) is 3.09. The normalized spacial score (nSPS) is 20.6. The largest absolute Gasteiger partial charge is 0.490 e. The van der Waals surface area contributed by atoms with Gasteiger partial charge in [-0.25, -0.2) is 4.39 Å². The first-order valence-electron chi connectivity index (χ1n) is 7.84. The average molecular weight is 309 g/mol. The molecule has 0 saturated heterocycles. The lowest BCUT2D eigenvalue weighted by molar-refractivity contribution is -0.120. The fourth-order valence-corrected chi connectivity index (χ4v) is 2.42. The molecule has 0 bridgehead atoms. The molecular formula is C17H24FNO3. The lowest BCUT2D eigenvalue weighted by Gasteiger charge is -2.37. The van der Waals surface area contributed by atoms with Crippen LogP contribution in [0, 0.1) is 5.82 Å². The summed E-state index contributed by atoms with van der Waals surface area (Å²) in [4.78, 5) is 11.3. The first-order chi connectivity index (χ1) is 10.5. The van der Waals surface area contributed by atoms with E-state index in [-0.39, 0.29) is 18.5 Å². The summed E-state index contributed by atoms with van der Waals surface area (Å²) in [5.41, 5.74) is 0. The molecule has 1 aliphatic rings. The van der Waals surface area contributed by atoms with Crippen LogP contribution in [0.1, 0.15) is 40.0 Å². The van der Waals surface area contributed by atoms with Gasteiger partial charge >= 0.3 is 0 Å². The van der Waals surface area contributed by atoms with Crippen molar-refractivity contribution in [3.63, 3.8) is 0 Å². The molecule has 0 radical (unpaired) electrons. The molecule has 2 rings (SSSR count). The molecule has 0 atom stereocenters. The molecule has 122 valence electrons. The van der Waals surface area contributed by atoms with Gasteiger partial charge < -0.3 is 14.8 Å². The van der Waals surface area contributed by atoms with Crippen LogP contribution in [0.15, 0.2) is 18.2 Å². The van der Waals surface area contributed by atoms with Crippen LogP contribution >= 0.6 is 0 Å². The number of halogens is 1. The Balaban J connectivity index is 1.86. The van der Waals surface area contributed by atoms with E-state index in [1.54, 1.807) is 13.0 Å². The Labute approximate surface area is 131 Å². The third-order valence-corrected chi connectivity index (χ3v) is 3.61. The first kappa shape index (κ1) is 16.7. The Hall–Kier alpha value is -1.62. The van der Waals surface area contributed by atoms with Gasteiger partial charge in [0, 0.05) is 36.7 Å². The Morgan fingerprint density at radius 1 is 1.32 bits per heavy atom. The van der Waals surface area contributed by atoms with Crippen molar-refractivity contribution >= 4 is 5.78 Å². The second-order valence-corrected chi connectivity index (χ2v) is 6.03. The number of nitrogens with one attached hydrogen (secondary N) is 1. The van der Waals surface area contributed by atoms with E-state index in [1.807, 2.05) is 0 Å². The predicted molar refractivity (Wildman–Crippen MR) is 82.9 cm³/mol. The SMILES string of the molecule is CCC(=O)COc1cc(F)cc(O[C@H]2C[C@@H](NC(C)C)C2)c1. The molecule has 0 heterocycles. The maximum Gasteiger partial charge on any atom is 0.169 e. The number of ketones is 1. The van der Waals surface area contributed by atoms with Crippen LogP contribution in [0.3, 0.4) is 0 Å². The molecule has 22 heavy (non-hydrogen) atoms. The molecule has 5 heteroatoms. The van der Waals surface area contributed by atoms with Gasteiger partial charge in [0.25, 0.3) is 0 Å². The van der Waals surface area contributed by atoms with E-state index in [4.69, 9.17) is 9.47 Å². The number of rotatable bonds is 8. The molecule has 0 amide bonds. The lowest BCUT2D eigenvalue weighted by atomic mass is 9.88. The van der Waals surface area contributed by atoms with Gasteiger partial charge in [-0.2, -0.15) is 0 Å². The summed E-state index contributed by atoms with van der Waals surface area (Å²) in [6.07, 6.45) is 2.34. The molecule has 1 saturated carbocycles. The van der Waals surface area contributed by atoms with E-state index in [9.17, 15) is 9.18 Å². The molecule has 1 fully saturated rings. The van der Waals surface area contributed by atoms with E-state index in [2.05, 4.69) is 19.2 Å². The lowest BCUT2D eigenvalue weighted by Crippen LogP contribution is -2.49. The summed E-state index contributed by atoms with van der Waals surface area (Å²) in [6.45, 7) is 5.96. The summed E-state index contributed by atoms with van der Waals surface area (Å²) in [6, 6.07) is 5.17. The third-order valence-electron chi connectivity index (χ3n) is 3.61. The number of carbonyl (C=O) groups is 1. The van der Waals surface area contributed by atoms with Crippen LogP contribution in [-0.4, -0.2) is 30.6 Å². The standard InChI is InChI=1S/C17H24FNO3/c1-4-14(20)10-21-15-5-12(18)6-16(9-15)22-17-7-13(8-17)19-11(2)3/h5-6,9,11,13,17,19H,4,7-8,10H2,1-3H3/t13-,17+. The molecule has 1 aromatic rings. The van der Waals surface area contributed by atoms with Crippen LogP contribution < -0.4 is 14.8 Å². The van der Waals surface area contributed by atoms with Gasteiger partial charge in [-0.3, -0.25) is 4.79 Å². The van der Waals surface area contributed by atoms with Crippen LogP contribution in [0.4, 0.5) is 4.39 Å². The molecule has 0 spiro atoms. The summed E-state index contributed by atoms with van der Waals surface area (Å²) >= 11 is 0. The Morgan fingerprint density at radius 2 is 2.00 bits per heavy atom. The molecule has 0 unspecified atom stereocenters. The monoisotopic (exact) mass is 309 g/mol. The molecule has 1 aliphatic carbocycles. The van der Waals surface area contributed by atoms with Crippen molar-refractivity contribution in [1.82, 2.24) is 5.32 Å². The minimum Gasteiger partial charge on any atom is -0.490 e. The molecule has 0 aromatic heterocycles. The summed E-state index contributed by atoms with van der Waals surface area (Å²) in [7, 11) is 0. The molecule has 4 nitrogen and oxygen atoms in total. The van der Waals surface area contributed by atoms with E-state index >= 15 is 0 Å². The van der Waals surface area contributed by atoms with Gasteiger partial charge in [-0.1, -0.05) is 20.8 Å². The fraction of sp³-hybridized carbons (Fsp3) is 0.588. The van der Waals surface area contributed by atoms with Crippen LogP contribution in [0.5, 0.6) is 11.5 Å². The maximum atomic E-state index is 13.6. The van der Waals surface area contributed by atoms with Crippen molar-refractivity contribution in [1.29, 1.82) is 0 Å². The summed E-state index contributed by atoms with van der Waals surface area (Å²) in [5, 5.41) is 3.44. The molecule has 0 aliphatic heterocycles. The fourth-order valence-electron chi connectivity index (χ4n) is 2.42. The number of carbonyl (C=O) groups excluding carboxylic acids is 1. The Kier molecular flexibility index (Phi) is 5.77. The van der Waals surface area contributed by atoms with Crippen molar-refractivity contribution in [3.8, 4) is 11.5 Å². The van der Waals surface area contributed by atoms with Crippen molar-refractivity contribution < 1.29 is 18.7 Å². The third kappa shape index (κ3) is 4.98. The number of Topliss-reactive ketones (excluding diaryl/α,β-unsaturated/α-hetero) is 1. The Bertz CT molecular complexity index is 513. The van der Waals surface area contributed by atoms with Gasteiger partial charge in [-0.15, -0.1) is 0 Å². The average Bonchev–Trinajstić information content (AvgIpc) is 2.41. The zero-order valence-corrected chi connectivity index (χ0v) is 13.4. The highest BCUT2D eigenvalue weighted by Gasteiger charge is 2.31. The van der Waals surface area contributed by atoms with Crippen LogP contribution in [-0.2, 0) is 4.79 Å². The summed E-state index contributed by atoms with van der Waals surface area (Å²) < 4.78 is 24.7. The van der Waals surface area contributed by atoms with E-state index in [1.165, 1.54) is 12.1 Å². The highest BCUT2D eigenvalue weighted by molar-refractivity contribution is 5.79. The zero-order chi connectivity index (χ0) is 16.1. The van der Waals surface area contributed by atoms with Crippen molar-refractivity contribution in [3.05, 3.63) is 24.0 Å². The van der Waals surface area contributed by atoms with Crippen LogP contribution in [0.25, 0.3) is 0 Å². The number of hydrogen-bond acceptors (Lipinski definition) is 4. The molecular weight excluding hydrogens is 285 g/mol. The van der Waals surface area contributed by atoms with Crippen LogP contribution in [0.2, 0.25) is 0 Å². The van der Waals surface area contributed by atoms with Crippen molar-refractivity contribution in [2.75, 3.05) is 6.61 Å². The Morgan fingerprint density at radius 3 is 2.64 bits per heavy atom. The number of benzene rings is 1. The minimum atomic E-state index is -0.423. The number of ether oxygens (including phenoxy) is 2. The highest BCUT2D eigenvalue weighted by atomic mass is 19.1. The smallest absolute Gasteiger partial charge is 0.169 e. The topological polar surface area (TPSA) is 47.6 Å². The minimum absolute atomic E-state index is 0.0201. The van der Waals surface area contributed by atoms with Gasteiger partial charge in [-0.05, 0) is 12.8 Å². The summed E-state index contributed by atoms with van der Waals surface area (Å²) in [5.74, 6) is 0.334. The second kappa shape index (κ2) is 7.58. The highest BCUT2D eigenvalue weighted by Crippen LogP contribution is 2.29. The number of hydrogen-bond donors (Lipinski definition) is 1. The quantitative estimate of drug-likeness (QED) is 0.801. The van der Waals surface area contributed by atoms with Crippen molar-refractivity contribution in [2.45, 2.75) is 58.2 Å². The van der Waals surface area contributed by atoms with Gasteiger partial charge in [0.1, 0.15) is 30.0 Å². The maximum absolute atomic E-state index is 13.6. The first-order valence-corrected chi connectivity index (χ1v) is 7.84. The van der Waals surface area contributed by atoms with E-state index in [0.717, 1.165) is 12.8 Å². The van der Waals surface area contributed by atoms with E-state index in [0.29, 0.717) is 30.0 Å². The second-order valence-electron chi connectivity index (χ2n) is 6.03. The van der Waals surface area contributed by atoms with Gasteiger partial charge in [0.05, 0.1) is 0 Å². The molecule has 1 N–H and O–H groups in total. The van der Waals surface area contributed by atoms with Crippen molar-refractivity contribution in [2.24, 2.45) is 0 Å². The molecule has 1 aromatic carbocycles. The van der Waals surface area contributed by atoms with E-state index < -0.39 is 5.82 Å².